The van der Waals surface area contributed by atoms with Crippen molar-refractivity contribution < 1.29 is 9.84 Å². The first-order valence-corrected chi connectivity index (χ1v) is 7.20. The van der Waals surface area contributed by atoms with E-state index in [-0.39, 0.29) is 5.41 Å². The molecule has 2 unspecified atom stereocenters. The van der Waals surface area contributed by atoms with Crippen molar-refractivity contribution in [3.05, 3.63) is 48.0 Å². The standard InChI is InChI=1S/C17H21NO2/c18-11-17(8-3-9-20-12-17)16(19)15-7-6-13-4-1-2-5-14(13)10-15/h1-2,4-7,10,16,19H,3,8-9,11-12,18H2. The Balaban J connectivity index is 1.96. The number of aliphatic hydroxyl groups is 1. The van der Waals surface area contributed by atoms with Crippen LogP contribution in [0.5, 0.6) is 0 Å². The van der Waals surface area contributed by atoms with Gasteiger partial charge in [0.2, 0.25) is 0 Å². The lowest BCUT2D eigenvalue weighted by molar-refractivity contribution is -0.0781. The molecule has 2 atom stereocenters. The minimum atomic E-state index is -0.572. The fourth-order valence-corrected chi connectivity index (χ4v) is 3.09. The van der Waals surface area contributed by atoms with Crippen molar-refractivity contribution in [1.29, 1.82) is 0 Å². The number of nitrogens with two attached hydrogens (primary N) is 1. The third-order valence-electron chi connectivity index (χ3n) is 4.43. The van der Waals surface area contributed by atoms with E-state index in [1.54, 1.807) is 0 Å². The molecule has 0 aliphatic carbocycles. The number of fused-ring (bicyclic) bond motifs is 1. The van der Waals surface area contributed by atoms with Gasteiger partial charge in [-0.25, -0.2) is 0 Å². The van der Waals surface area contributed by atoms with E-state index in [9.17, 15) is 5.11 Å². The number of hydrogen-bond acceptors (Lipinski definition) is 3. The van der Waals surface area contributed by atoms with Crippen LogP contribution in [0.4, 0.5) is 0 Å². The quantitative estimate of drug-likeness (QED) is 0.902. The largest absolute Gasteiger partial charge is 0.388 e. The van der Waals surface area contributed by atoms with Crippen LogP contribution in [0.3, 0.4) is 0 Å². The van der Waals surface area contributed by atoms with Crippen LogP contribution in [0.2, 0.25) is 0 Å². The molecule has 3 heteroatoms. The molecule has 0 spiro atoms. The average Bonchev–Trinajstić information content (AvgIpc) is 2.54. The minimum absolute atomic E-state index is 0.347. The molecule has 0 radical (unpaired) electrons. The van der Waals surface area contributed by atoms with E-state index in [1.807, 2.05) is 18.2 Å². The SMILES string of the molecule is NCC1(C(O)c2ccc3ccccc3c2)CCCOC1. The van der Waals surface area contributed by atoms with E-state index < -0.39 is 6.10 Å². The maximum atomic E-state index is 10.8. The summed E-state index contributed by atoms with van der Waals surface area (Å²) in [6.45, 7) is 1.75. The summed E-state index contributed by atoms with van der Waals surface area (Å²) >= 11 is 0. The molecule has 1 heterocycles. The lowest BCUT2D eigenvalue weighted by Crippen LogP contribution is -2.43. The Morgan fingerprint density at radius 3 is 2.70 bits per heavy atom. The number of benzene rings is 2. The highest BCUT2D eigenvalue weighted by Gasteiger charge is 2.39. The molecule has 0 amide bonds. The van der Waals surface area contributed by atoms with Crippen molar-refractivity contribution >= 4 is 10.8 Å². The Labute approximate surface area is 119 Å². The Kier molecular flexibility index (Phi) is 3.74. The van der Waals surface area contributed by atoms with Crippen LogP contribution in [0.1, 0.15) is 24.5 Å². The third-order valence-corrected chi connectivity index (χ3v) is 4.43. The second-order valence-electron chi connectivity index (χ2n) is 5.73. The summed E-state index contributed by atoms with van der Waals surface area (Å²) < 4.78 is 5.57. The van der Waals surface area contributed by atoms with E-state index in [0.29, 0.717) is 13.2 Å². The van der Waals surface area contributed by atoms with Gasteiger partial charge in [-0.3, -0.25) is 0 Å². The van der Waals surface area contributed by atoms with Crippen molar-refractivity contribution in [2.45, 2.75) is 18.9 Å². The zero-order chi connectivity index (χ0) is 14.0. The van der Waals surface area contributed by atoms with E-state index in [1.165, 1.54) is 5.39 Å². The summed E-state index contributed by atoms with van der Waals surface area (Å²) in [4.78, 5) is 0. The predicted octanol–water partition coefficient (Wildman–Crippen LogP) is 2.63. The molecule has 20 heavy (non-hydrogen) atoms. The lowest BCUT2D eigenvalue weighted by Gasteiger charge is -2.40. The van der Waals surface area contributed by atoms with Gasteiger partial charge in [-0.2, -0.15) is 0 Å². The molecule has 0 aromatic heterocycles. The van der Waals surface area contributed by atoms with Crippen LogP contribution in [0.15, 0.2) is 42.5 Å². The van der Waals surface area contributed by atoms with E-state index >= 15 is 0 Å². The molecule has 1 fully saturated rings. The fraction of sp³-hybridized carbons (Fsp3) is 0.412. The molecule has 1 aliphatic rings. The molecule has 1 saturated heterocycles. The number of hydrogen-bond donors (Lipinski definition) is 2. The van der Waals surface area contributed by atoms with Gasteiger partial charge in [0, 0.05) is 18.6 Å². The maximum Gasteiger partial charge on any atom is 0.0880 e. The first kappa shape index (κ1) is 13.6. The van der Waals surface area contributed by atoms with Crippen LogP contribution in [-0.4, -0.2) is 24.9 Å². The maximum absolute atomic E-state index is 10.8. The first-order chi connectivity index (χ1) is 9.75. The zero-order valence-corrected chi connectivity index (χ0v) is 11.6. The van der Waals surface area contributed by atoms with E-state index in [0.717, 1.165) is 30.4 Å². The summed E-state index contributed by atoms with van der Waals surface area (Å²) in [7, 11) is 0. The normalized spacial score (nSPS) is 24.7. The van der Waals surface area contributed by atoms with Crippen molar-refractivity contribution in [3.63, 3.8) is 0 Å². The number of rotatable bonds is 3. The monoisotopic (exact) mass is 271 g/mol. The highest BCUT2D eigenvalue weighted by atomic mass is 16.5. The zero-order valence-electron chi connectivity index (χ0n) is 11.6. The molecular formula is C17H21NO2. The van der Waals surface area contributed by atoms with Gasteiger partial charge in [0.15, 0.2) is 0 Å². The van der Waals surface area contributed by atoms with Crippen LogP contribution < -0.4 is 5.73 Å². The van der Waals surface area contributed by atoms with E-state index in [4.69, 9.17) is 10.5 Å². The Bertz CT molecular complexity index is 590. The second kappa shape index (κ2) is 5.52. The van der Waals surface area contributed by atoms with Crippen molar-refractivity contribution in [3.8, 4) is 0 Å². The molecule has 1 aliphatic heterocycles. The number of aliphatic hydroxyl groups excluding tert-OH is 1. The van der Waals surface area contributed by atoms with Crippen molar-refractivity contribution in [1.82, 2.24) is 0 Å². The fourth-order valence-electron chi connectivity index (χ4n) is 3.09. The molecule has 106 valence electrons. The van der Waals surface area contributed by atoms with Gasteiger partial charge in [0.1, 0.15) is 0 Å². The molecule has 3 rings (SSSR count). The molecule has 0 saturated carbocycles. The Hall–Kier alpha value is -1.42. The summed E-state index contributed by atoms with van der Waals surface area (Å²) in [5, 5.41) is 13.1. The highest BCUT2D eigenvalue weighted by molar-refractivity contribution is 5.83. The van der Waals surface area contributed by atoms with Crippen molar-refractivity contribution in [2.75, 3.05) is 19.8 Å². The summed E-state index contributed by atoms with van der Waals surface area (Å²) in [5.74, 6) is 0. The van der Waals surface area contributed by atoms with Crippen LogP contribution in [0, 0.1) is 5.41 Å². The Morgan fingerprint density at radius 2 is 2.00 bits per heavy atom. The first-order valence-electron chi connectivity index (χ1n) is 7.20. The lowest BCUT2D eigenvalue weighted by atomic mass is 9.74. The van der Waals surface area contributed by atoms with E-state index in [2.05, 4.69) is 24.3 Å². The molecule has 3 N–H and O–H groups in total. The van der Waals surface area contributed by atoms with Gasteiger partial charge < -0.3 is 15.6 Å². The van der Waals surface area contributed by atoms with Gasteiger partial charge in [0.05, 0.1) is 12.7 Å². The van der Waals surface area contributed by atoms with Crippen LogP contribution in [0.25, 0.3) is 10.8 Å². The smallest absolute Gasteiger partial charge is 0.0880 e. The van der Waals surface area contributed by atoms with Crippen LogP contribution in [-0.2, 0) is 4.74 Å². The van der Waals surface area contributed by atoms with Gasteiger partial charge in [-0.1, -0.05) is 36.4 Å². The minimum Gasteiger partial charge on any atom is -0.388 e. The summed E-state index contributed by atoms with van der Waals surface area (Å²) in [6.07, 6.45) is 1.30. The molecule has 3 nitrogen and oxygen atoms in total. The predicted molar refractivity (Wildman–Crippen MR) is 80.4 cm³/mol. The van der Waals surface area contributed by atoms with Gasteiger partial charge in [0.25, 0.3) is 0 Å². The third kappa shape index (κ3) is 2.33. The van der Waals surface area contributed by atoms with Gasteiger partial charge >= 0.3 is 0 Å². The molecule has 2 aromatic rings. The molecule has 0 bridgehead atoms. The molecule has 2 aromatic carbocycles. The summed E-state index contributed by atoms with van der Waals surface area (Å²) in [6, 6.07) is 14.3. The Morgan fingerprint density at radius 1 is 1.20 bits per heavy atom. The second-order valence-corrected chi connectivity index (χ2v) is 5.73. The average molecular weight is 271 g/mol. The van der Waals surface area contributed by atoms with Crippen molar-refractivity contribution in [2.24, 2.45) is 11.1 Å². The number of ether oxygens (including phenoxy) is 1. The van der Waals surface area contributed by atoms with Gasteiger partial charge in [-0.15, -0.1) is 0 Å². The topological polar surface area (TPSA) is 55.5 Å². The summed E-state index contributed by atoms with van der Waals surface area (Å²) in [5.41, 5.74) is 6.53. The van der Waals surface area contributed by atoms with Crippen LogP contribution >= 0.6 is 0 Å². The highest BCUT2D eigenvalue weighted by Crippen LogP contribution is 2.40. The van der Waals surface area contributed by atoms with Gasteiger partial charge in [-0.05, 0) is 35.2 Å². The molecular weight excluding hydrogens is 250 g/mol.